The first-order valence-corrected chi connectivity index (χ1v) is 3.45. The van der Waals surface area contributed by atoms with E-state index in [0.29, 0.717) is 0 Å². The molecule has 0 aromatic heterocycles. The van der Waals surface area contributed by atoms with Crippen LogP contribution in [0.25, 0.3) is 0 Å². The Labute approximate surface area is 67.1 Å². The molecule has 0 bridgehead atoms. The molecule has 0 saturated carbocycles. The van der Waals surface area contributed by atoms with Crippen molar-refractivity contribution in [1.82, 2.24) is 0 Å². The van der Waals surface area contributed by atoms with Crippen molar-refractivity contribution in [3.05, 3.63) is 29.8 Å². The predicted octanol–water partition coefficient (Wildman–Crippen LogP) is 1.89. The van der Waals surface area contributed by atoms with Crippen molar-refractivity contribution >= 4 is 12.6 Å². The summed E-state index contributed by atoms with van der Waals surface area (Å²) in [5, 5.41) is 7.00. The average molecular weight is 156 g/mol. The molecule has 0 unspecified atom stereocenters. The predicted molar refractivity (Wildman–Crippen MR) is 46.6 cm³/mol. The minimum absolute atomic E-state index is 1.00. The molecule has 0 heterocycles. The van der Waals surface area contributed by atoms with Gasteiger partial charge in [-0.05, 0) is 18.6 Å². The second-order valence-corrected chi connectivity index (χ2v) is 2.27. The molecule has 0 saturated heterocycles. The third-order valence-corrected chi connectivity index (χ3v) is 1.62. The summed E-state index contributed by atoms with van der Waals surface area (Å²) < 4.78 is 0. The number of benzene rings is 1. The number of hydrogen-bond donors (Lipinski definition) is 2. The van der Waals surface area contributed by atoms with Gasteiger partial charge in [0.25, 0.3) is 0 Å². The lowest BCUT2D eigenvalue weighted by atomic mass is 10.2. The molecule has 10 heavy (non-hydrogen) atoms. The van der Waals surface area contributed by atoms with Gasteiger partial charge in [0, 0.05) is 12.0 Å². The van der Waals surface area contributed by atoms with Gasteiger partial charge in [-0.2, -0.15) is 0 Å². The first-order valence-electron chi connectivity index (χ1n) is 3.00. The highest BCUT2D eigenvalue weighted by Crippen LogP contribution is 2.09. The Bertz CT molecular complexity index is 165. The van der Waals surface area contributed by atoms with Crippen molar-refractivity contribution in [1.29, 1.82) is 0 Å². The molecular formula is C8H12OS. The van der Waals surface area contributed by atoms with Crippen molar-refractivity contribution in [2.75, 3.05) is 7.11 Å². The van der Waals surface area contributed by atoms with Crippen LogP contribution in [-0.4, -0.2) is 12.2 Å². The monoisotopic (exact) mass is 156 g/mol. The summed E-state index contributed by atoms with van der Waals surface area (Å²) in [5.74, 6) is 0. The fraction of sp³-hybridized carbons (Fsp3) is 0.250. The Balaban J connectivity index is 0.000000371. The van der Waals surface area contributed by atoms with Crippen LogP contribution in [0.4, 0.5) is 0 Å². The molecule has 1 N–H and O–H groups in total. The van der Waals surface area contributed by atoms with Crippen molar-refractivity contribution in [3.8, 4) is 0 Å². The first-order chi connectivity index (χ1) is 4.80. The summed E-state index contributed by atoms with van der Waals surface area (Å²) in [5.41, 5.74) is 1.23. The Kier molecular flexibility index (Phi) is 5.08. The number of aliphatic hydroxyl groups excluding tert-OH is 1. The highest BCUT2D eigenvalue weighted by atomic mass is 32.1. The zero-order chi connectivity index (χ0) is 7.98. The molecule has 0 radical (unpaired) electrons. The van der Waals surface area contributed by atoms with Gasteiger partial charge in [0.1, 0.15) is 0 Å². The van der Waals surface area contributed by atoms with E-state index in [2.05, 4.69) is 12.6 Å². The molecule has 0 amide bonds. The molecule has 1 aromatic carbocycles. The Hall–Kier alpha value is -0.470. The molecule has 0 atom stereocenters. The van der Waals surface area contributed by atoms with Gasteiger partial charge >= 0.3 is 0 Å². The molecule has 1 aromatic rings. The van der Waals surface area contributed by atoms with E-state index in [-0.39, 0.29) is 0 Å². The maximum Gasteiger partial charge on any atom is 0.0319 e. The lowest BCUT2D eigenvalue weighted by Gasteiger charge is -1.92. The molecule has 0 spiro atoms. The van der Waals surface area contributed by atoms with E-state index >= 15 is 0 Å². The average Bonchev–Trinajstić information content (AvgIpc) is 2.00. The maximum absolute atomic E-state index is 7.00. The maximum atomic E-state index is 7.00. The summed E-state index contributed by atoms with van der Waals surface area (Å²) in [6.07, 6.45) is 0. The molecule has 0 aliphatic heterocycles. The van der Waals surface area contributed by atoms with Crippen LogP contribution < -0.4 is 0 Å². The van der Waals surface area contributed by atoms with Crippen LogP contribution in [-0.2, 0) is 0 Å². The van der Waals surface area contributed by atoms with Crippen LogP contribution in [0.2, 0.25) is 0 Å². The van der Waals surface area contributed by atoms with E-state index in [1.165, 1.54) is 5.56 Å². The van der Waals surface area contributed by atoms with Crippen LogP contribution in [0, 0.1) is 6.92 Å². The third kappa shape index (κ3) is 2.90. The van der Waals surface area contributed by atoms with Gasteiger partial charge in [-0.15, -0.1) is 12.6 Å². The van der Waals surface area contributed by atoms with E-state index in [1.54, 1.807) is 0 Å². The van der Waals surface area contributed by atoms with Gasteiger partial charge in [-0.3, -0.25) is 0 Å². The van der Waals surface area contributed by atoms with Crippen molar-refractivity contribution in [2.24, 2.45) is 0 Å². The second-order valence-electron chi connectivity index (χ2n) is 1.79. The van der Waals surface area contributed by atoms with Gasteiger partial charge in [-0.1, -0.05) is 18.2 Å². The molecular weight excluding hydrogens is 144 g/mol. The molecule has 56 valence electrons. The van der Waals surface area contributed by atoms with E-state index < -0.39 is 0 Å². The van der Waals surface area contributed by atoms with Crippen LogP contribution in [0.5, 0.6) is 0 Å². The van der Waals surface area contributed by atoms with E-state index in [4.69, 9.17) is 5.11 Å². The first kappa shape index (κ1) is 9.53. The van der Waals surface area contributed by atoms with Gasteiger partial charge in [0.2, 0.25) is 0 Å². The SMILES string of the molecule is CO.Cc1ccccc1S. The van der Waals surface area contributed by atoms with Crippen LogP contribution in [0.15, 0.2) is 29.2 Å². The summed E-state index contributed by atoms with van der Waals surface area (Å²) in [7, 11) is 1.00. The third-order valence-electron chi connectivity index (χ3n) is 1.12. The molecule has 0 fully saturated rings. The van der Waals surface area contributed by atoms with E-state index in [0.717, 1.165) is 12.0 Å². The summed E-state index contributed by atoms with van der Waals surface area (Å²) in [4.78, 5) is 1.06. The fourth-order valence-electron chi connectivity index (χ4n) is 0.563. The van der Waals surface area contributed by atoms with Gasteiger partial charge in [0.05, 0.1) is 0 Å². The Morgan fingerprint density at radius 1 is 1.20 bits per heavy atom. The second kappa shape index (κ2) is 5.33. The largest absolute Gasteiger partial charge is 0.400 e. The minimum Gasteiger partial charge on any atom is -0.400 e. The van der Waals surface area contributed by atoms with Gasteiger partial charge in [-0.25, -0.2) is 0 Å². The summed E-state index contributed by atoms with van der Waals surface area (Å²) in [6.45, 7) is 2.04. The molecule has 0 aliphatic carbocycles. The number of aliphatic hydroxyl groups is 1. The zero-order valence-corrected chi connectivity index (χ0v) is 7.10. The highest BCUT2D eigenvalue weighted by molar-refractivity contribution is 7.80. The highest BCUT2D eigenvalue weighted by Gasteiger charge is 1.84. The molecule has 0 aliphatic rings. The van der Waals surface area contributed by atoms with Crippen molar-refractivity contribution < 1.29 is 5.11 Å². The Morgan fingerprint density at radius 3 is 2.00 bits per heavy atom. The molecule has 1 nitrogen and oxygen atoms in total. The van der Waals surface area contributed by atoms with Gasteiger partial charge in [0.15, 0.2) is 0 Å². The quantitative estimate of drug-likeness (QED) is 0.550. The van der Waals surface area contributed by atoms with Crippen molar-refractivity contribution in [3.63, 3.8) is 0 Å². The van der Waals surface area contributed by atoms with Crippen LogP contribution in [0.3, 0.4) is 0 Å². The number of rotatable bonds is 0. The topological polar surface area (TPSA) is 20.2 Å². The standard InChI is InChI=1S/C7H8S.CH4O/c1-6-4-2-3-5-7(6)8;1-2/h2-5,8H,1H3;2H,1H3. The smallest absolute Gasteiger partial charge is 0.0319 e. The number of hydrogen-bond acceptors (Lipinski definition) is 2. The van der Waals surface area contributed by atoms with Crippen molar-refractivity contribution in [2.45, 2.75) is 11.8 Å². The number of aryl methyl sites for hydroxylation is 1. The summed E-state index contributed by atoms with van der Waals surface area (Å²) >= 11 is 4.20. The molecule has 2 heteroatoms. The lowest BCUT2D eigenvalue weighted by Crippen LogP contribution is -1.70. The van der Waals surface area contributed by atoms with Crippen LogP contribution in [0.1, 0.15) is 5.56 Å². The van der Waals surface area contributed by atoms with Crippen LogP contribution >= 0.6 is 12.6 Å². The van der Waals surface area contributed by atoms with E-state index in [1.807, 2.05) is 31.2 Å². The van der Waals surface area contributed by atoms with E-state index in [9.17, 15) is 0 Å². The zero-order valence-electron chi connectivity index (χ0n) is 6.20. The number of thiol groups is 1. The summed E-state index contributed by atoms with van der Waals surface area (Å²) in [6, 6.07) is 8.02. The Morgan fingerprint density at radius 2 is 1.70 bits per heavy atom. The van der Waals surface area contributed by atoms with Gasteiger partial charge < -0.3 is 5.11 Å². The fourth-order valence-corrected chi connectivity index (χ4v) is 0.724. The lowest BCUT2D eigenvalue weighted by molar-refractivity contribution is 0.399. The minimum atomic E-state index is 1.00. The molecule has 1 rings (SSSR count). The normalized spacial score (nSPS) is 8.00.